The summed E-state index contributed by atoms with van der Waals surface area (Å²) in [6, 6.07) is 4.05. The van der Waals surface area contributed by atoms with Crippen LogP contribution in [0, 0.1) is 29.1 Å². The number of carbonyl (C=O) groups excluding carboxylic acids is 3. The van der Waals surface area contributed by atoms with Crippen LogP contribution < -0.4 is 14.8 Å². The molecule has 1 saturated heterocycles. The molecule has 0 spiro atoms. The predicted octanol–water partition coefficient (Wildman–Crippen LogP) is 5.49. The Bertz CT molecular complexity index is 1450. The minimum Gasteiger partial charge on any atom is -0.497 e. The first-order valence-electron chi connectivity index (χ1n) is 16.7. The van der Waals surface area contributed by atoms with Crippen molar-refractivity contribution in [3.63, 3.8) is 0 Å². The number of Topliss-reactive ketones (excluding diaryl/α,β-unsaturated/α-hetero) is 1. The summed E-state index contributed by atoms with van der Waals surface area (Å²) in [7, 11) is 1.62. The number of alkyl carbamates (subject to hydrolysis) is 1. The Kier molecular flexibility index (Phi) is 8.69. The number of aryl methyl sites for hydroxylation is 1. The number of fused-ring (bicyclic) bond motifs is 4. The molecule has 7 rings (SSSR count). The number of rotatable bonds is 2. The van der Waals surface area contributed by atoms with Crippen LogP contribution in [0.5, 0.6) is 11.6 Å². The molecule has 1 N–H and O–H groups in total. The van der Waals surface area contributed by atoms with E-state index >= 15 is 0 Å². The lowest BCUT2D eigenvalue weighted by molar-refractivity contribution is -0.141. The lowest BCUT2D eigenvalue weighted by atomic mass is 9.59. The van der Waals surface area contributed by atoms with E-state index in [0.29, 0.717) is 35.4 Å². The average molecular weight is 621 g/mol. The van der Waals surface area contributed by atoms with Crippen LogP contribution in [0.3, 0.4) is 0 Å². The highest BCUT2D eigenvalue weighted by Crippen LogP contribution is 2.51. The second-order valence-electron chi connectivity index (χ2n) is 14.9. The zero-order chi connectivity index (χ0) is 32.0. The minimum atomic E-state index is -0.878. The van der Waals surface area contributed by atoms with Crippen LogP contribution in [0.1, 0.15) is 85.3 Å². The van der Waals surface area contributed by atoms with Crippen molar-refractivity contribution >= 4 is 28.8 Å². The first-order valence-corrected chi connectivity index (χ1v) is 16.7. The van der Waals surface area contributed by atoms with Crippen molar-refractivity contribution in [3.05, 3.63) is 23.9 Å². The number of aromatic nitrogens is 2. The van der Waals surface area contributed by atoms with E-state index in [2.05, 4.69) is 5.32 Å². The summed E-state index contributed by atoms with van der Waals surface area (Å²) in [4.78, 5) is 52.3. The Morgan fingerprint density at radius 2 is 1.78 bits per heavy atom. The molecule has 4 bridgehead atoms. The first-order chi connectivity index (χ1) is 21.4. The van der Waals surface area contributed by atoms with E-state index in [0.717, 1.165) is 62.1 Å². The van der Waals surface area contributed by atoms with Crippen LogP contribution in [0.25, 0.3) is 11.0 Å². The molecule has 5 aliphatic rings. The fourth-order valence-corrected chi connectivity index (χ4v) is 8.14. The van der Waals surface area contributed by atoms with E-state index in [9.17, 15) is 14.4 Å². The summed E-state index contributed by atoms with van der Waals surface area (Å²) >= 11 is 0. The molecule has 45 heavy (non-hydrogen) atoms. The van der Waals surface area contributed by atoms with Gasteiger partial charge in [0.2, 0.25) is 11.8 Å². The van der Waals surface area contributed by atoms with Gasteiger partial charge in [-0.3, -0.25) is 9.59 Å². The molecule has 3 saturated carbocycles. The fourth-order valence-electron chi connectivity index (χ4n) is 8.14. The fraction of sp³-hybridized carbons (Fsp3) is 0.686. The zero-order valence-corrected chi connectivity index (χ0v) is 27.5. The van der Waals surface area contributed by atoms with E-state index in [1.165, 1.54) is 6.92 Å². The molecule has 3 heterocycles. The van der Waals surface area contributed by atoms with E-state index in [-0.39, 0.29) is 30.3 Å². The molecule has 6 atom stereocenters. The molecule has 0 radical (unpaired) electrons. The van der Waals surface area contributed by atoms with Gasteiger partial charge in [0.05, 0.1) is 30.7 Å². The highest BCUT2D eigenvalue weighted by molar-refractivity contribution is 5.92. The van der Waals surface area contributed by atoms with E-state index in [4.69, 9.17) is 24.2 Å². The van der Waals surface area contributed by atoms with Gasteiger partial charge in [0.1, 0.15) is 29.7 Å². The van der Waals surface area contributed by atoms with Gasteiger partial charge in [0, 0.05) is 12.0 Å². The summed E-state index contributed by atoms with van der Waals surface area (Å²) in [6.07, 6.45) is 6.84. The minimum absolute atomic E-state index is 0.123. The number of ketones is 1. The van der Waals surface area contributed by atoms with Gasteiger partial charge < -0.3 is 24.4 Å². The first kappa shape index (κ1) is 31.5. The molecule has 10 heteroatoms. The molecular formula is C35H48N4O6. The standard InChI is InChI=1S/C35H48N4O6/c1-19-28-18-39(29(19)20(2)40)33(41)31(35(3,4)5)38-34(42)45-30-22(14-21-15-23(30)16-21)10-8-7-9-11-26-32(44-28)37-27-17-24(43-6)12-13-25(27)36-26/h12-13,17,19,21-23,28-31H,7-11,14-16,18H2,1-6H3,(H,38,42)/t19-,21?,22-,23?,28+,29?,30+,31-/m1/s1. The average Bonchev–Trinajstić information content (AvgIpc) is 3.29. The summed E-state index contributed by atoms with van der Waals surface area (Å²) in [5, 5.41) is 2.95. The third-order valence-corrected chi connectivity index (χ3v) is 10.6. The Balaban J connectivity index is 1.36. The number of nitrogens with one attached hydrogen (secondary N) is 1. The highest BCUT2D eigenvalue weighted by Gasteiger charge is 2.50. The lowest BCUT2D eigenvalue weighted by Crippen LogP contribution is -2.58. The second-order valence-corrected chi connectivity index (χ2v) is 14.9. The number of methoxy groups -OCH3 is 1. The Morgan fingerprint density at radius 3 is 2.49 bits per heavy atom. The van der Waals surface area contributed by atoms with Crippen LogP contribution >= 0.6 is 0 Å². The normalized spacial score (nSPS) is 32.5. The predicted molar refractivity (Wildman–Crippen MR) is 169 cm³/mol. The Hall–Kier alpha value is -3.43. The number of hydrogen-bond acceptors (Lipinski definition) is 8. The maximum Gasteiger partial charge on any atom is 0.408 e. The molecule has 1 aromatic heterocycles. The van der Waals surface area contributed by atoms with Crippen LogP contribution in [0.15, 0.2) is 18.2 Å². The third-order valence-electron chi connectivity index (χ3n) is 10.6. The molecule has 2 aliphatic heterocycles. The number of hydrogen-bond donors (Lipinski definition) is 1. The lowest BCUT2D eigenvalue weighted by Gasteiger charge is -2.50. The van der Waals surface area contributed by atoms with Crippen LogP contribution in [-0.2, 0) is 20.7 Å². The smallest absolute Gasteiger partial charge is 0.408 e. The number of nitrogens with zero attached hydrogens (tertiary/aromatic N) is 3. The van der Waals surface area contributed by atoms with Gasteiger partial charge in [-0.25, -0.2) is 14.8 Å². The number of carbonyl (C=O) groups is 3. The van der Waals surface area contributed by atoms with Crippen molar-refractivity contribution in [2.24, 2.45) is 29.1 Å². The second kappa shape index (κ2) is 12.4. The van der Waals surface area contributed by atoms with Gasteiger partial charge in [-0.05, 0) is 80.8 Å². The summed E-state index contributed by atoms with van der Waals surface area (Å²) < 4.78 is 18.2. The number of benzene rings is 1. The summed E-state index contributed by atoms with van der Waals surface area (Å²) in [5.74, 6) is 1.83. The van der Waals surface area contributed by atoms with E-state index in [1.54, 1.807) is 12.0 Å². The van der Waals surface area contributed by atoms with Gasteiger partial charge in [-0.2, -0.15) is 0 Å². The summed E-state index contributed by atoms with van der Waals surface area (Å²) in [6.45, 7) is 9.40. The quantitative estimate of drug-likeness (QED) is 0.468. The topological polar surface area (TPSA) is 120 Å². The van der Waals surface area contributed by atoms with Gasteiger partial charge in [-0.15, -0.1) is 0 Å². The van der Waals surface area contributed by atoms with Crippen molar-refractivity contribution in [3.8, 4) is 11.6 Å². The Labute approximate surface area is 266 Å². The molecule has 1 unspecified atom stereocenters. The molecule has 3 aliphatic carbocycles. The molecule has 244 valence electrons. The van der Waals surface area contributed by atoms with Crippen LogP contribution in [0.2, 0.25) is 0 Å². The number of ether oxygens (including phenoxy) is 3. The maximum absolute atomic E-state index is 14.3. The summed E-state index contributed by atoms with van der Waals surface area (Å²) in [5.41, 5.74) is 1.59. The third kappa shape index (κ3) is 6.34. The SMILES string of the molecule is COc1ccc2nc3c(nc2c1)O[C@H]1CN(C(=O)[C@H](C(C)(C)C)NC(=O)O[C@@H]2C4CC(C4)C[C@H]2CCCCC3)C(C(C)=O)[C@@H]1C. The van der Waals surface area contributed by atoms with Gasteiger partial charge >= 0.3 is 6.09 Å². The van der Waals surface area contributed by atoms with E-state index in [1.807, 2.05) is 45.9 Å². The Morgan fingerprint density at radius 1 is 1.02 bits per heavy atom. The van der Waals surface area contributed by atoms with Gasteiger partial charge in [0.15, 0.2) is 5.78 Å². The van der Waals surface area contributed by atoms with Crippen molar-refractivity contribution in [2.45, 2.75) is 110 Å². The largest absolute Gasteiger partial charge is 0.497 e. The van der Waals surface area contributed by atoms with Gasteiger partial charge in [0.25, 0.3) is 0 Å². The molecule has 10 nitrogen and oxygen atoms in total. The molecule has 4 fully saturated rings. The van der Waals surface area contributed by atoms with Crippen molar-refractivity contribution in [2.75, 3.05) is 13.7 Å². The molecular weight excluding hydrogens is 572 g/mol. The van der Waals surface area contributed by atoms with Crippen molar-refractivity contribution in [1.82, 2.24) is 20.2 Å². The molecule has 1 aromatic carbocycles. The van der Waals surface area contributed by atoms with E-state index < -0.39 is 29.7 Å². The maximum atomic E-state index is 14.3. The van der Waals surface area contributed by atoms with Crippen molar-refractivity contribution in [1.29, 1.82) is 0 Å². The van der Waals surface area contributed by atoms with Crippen molar-refractivity contribution < 1.29 is 28.6 Å². The number of amides is 2. The van der Waals surface area contributed by atoms with Gasteiger partial charge in [-0.1, -0.05) is 40.5 Å². The zero-order valence-electron chi connectivity index (χ0n) is 27.5. The van der Waals surface area contributed by atoms with Crippen LogP contribution in [-0.4, -0.2) is 70.6 Å². The van der Waals surface area contributed by atoms with Crippen LogP contribution in [0.4, 0.5) is 4.79 Å². The highest BCUT2D eigenvalue weighted by atomic mass is 16.6. The molecule has 2 aromatic rings. The monoisotopic (exact) mass is 620 g/mol. The molecule has 2 amide bonds.